The van der Waals surface area contributed by atoms with Gasteiger partial charge in [0.15, 0.2) is 0 Å². The number of aryl methyl sites for hydroxylation is 2. The zero-order valence-corrected chi connectivity index (χ0v) is 16.1. The van der Waals surface area contributed by atoms with Gasteiger partial charge in [-0.25, -0.2) is 4.98 Å². The molecular formula is C17H23Cl2N3OS. The molecule has 0 bridgehead atoms. The smallest absolute Gasteiger partial charge is 0.244 e. The van der Waals surface area contributed by atoms with Crippen LogP contribution in [0.4, 0.5) is 0 Å². The van der Waals surface area contributed by atoms with Crippen LogP contribution in [0, 0.1) is 0 Å². The molecule has 4 nitrogen and oxygen atoms in total. The lowest BCUT2D eigenvalue weighted by Gasteiger charge is -2.20. The van der Waals surface area contributed by atoms with Crippen molar-refractivity contribution in [1.82, 2.24) is 9.88 Å². The molecule has 7 heteroatoms. The number of nitrogens with two attached hydrogens (primary N) is 1. The third-order valence-corrected chi connectivity index (χ3v) is 5.21. The van der Waals surface area contributed by atoms with E-state index in [1.54, 1.807) is 23.3 Å². The van der Waals surface area contributed by atoms with E-state index in [0.29, 0.717) is 6.54 Å². The molecule has 2 aromatic rings. The third-order valence-electron chi connectivity index (χ3n) is 4.06. The molecule has 0 fully saturated rings. The molecule has 0 saturated heterocycles. The maximum Gasteiger partial charge on any atom is 0.244 e. The van der Waals surface area contributed by atoms with Crippen molar-refractivity contribution in [2.75, 3.05) is 7.05 Å². The molecule has 1 unspecified atom stereocenters. The lowest BCUT2D eigenvalue weighted by Crippen LogP contribution is -2.35. The van der Waals surface area contributed by atoms with Gasteiger partial charge < -0.3 is 10.6 Å². The van der Waals surface area contributed by atoms with Gasteiger partial charge in [-0.2, -0.15) is 0 Å². The molecule has 0 aliphatic heterocycles. The van der Waals surface area contributed by atoms with Crippen molar-refractivity contribution in [1.29, 1.82) is 0 Å². The van der Waals surface area contributed by atoms with E-state index in [1.807, 2.05) is 30.3 Å². The molecule has 1 aliphatic carbocycles. The number of aromatic nitrogens is 1. The molecule has 0 radical (unpaired) electrons. The number of benzene rings is 1. The molecule has 3 rings (SSSR count). The second-order valence-corrected chi connectivity index (χ2v) is 6.94. The Hall–Kier alpha value is -1.14. The summed E-state index contributed by atoms with van der Waals surface area (Å²) in [5.41, 5.74) is 8.16. The first-order valence-electron chi connectivity index (χ1n) is 7.68. The number of likely N-dealkylation sites (N-methyl/N-ethyl adjacent to an activating group) is 1. The van der Waals surface area contributed by atoms with E-state index in [4.69, 9.17) is 5.73 Å². The summed E-state index contributed by atoms with van der Waals surface area (Å²) in [6, 6.07) is 8.89. The quantitative estimate of drug-likeness (QED) is 0.872. The minimum atomic E-state index is -0.610. The van der Waals surface area contributed by atoms with E-state index >= 15 is 0 Å². The summed E-state index contributed by atoms with van der Waals surface area (Å²) in [6.07, 6.45) is 4.69. The third kappa shape index (κ3) is 4.70. The Balaban J connectivity index is 0.00000144. The molecule has 1 amide bonds. The molecular weight excluding hydrogens is 365 g/mol. The van der Waals surface area contributed by atoms with Crippen molar-refractivity contribution in [3.05, 3.63) is 51.5 Å². The molecule has 1 atom stereocenters. The number of hydrogen-bond acceptors (Lipinski definition) is 4. The largest absolute Gasteiger partial charge is 0.337 e. The van der Waals surface area contributed by atoms with E-state index in [0.717, 1.165) is 23.4 Å². The van der Waals surface area contributed by atoms with E-state index in [1.165, 1.54) is 23.4 Å². The first-order chi connectivity index (χ1) is 10.6. The minimum absolute atomic E-state index is 0. The summed E-state index contributed by atoms with van der Waals surface area (Å²) in [5.74, 6) is -0.0700. The first-order valence-corrected chi connectivity index (χ1v) is 8.50. The van der Waals surface area contributed by atoms with Gasteiger partial charge >= 0.3 is 0 Å². The molecule has 0 saturated carbocycles. The van der Waals surface area contributed by atoms with Gasteiger partial charge in [-0.05, 0) is 31.2 Å². The highest BCUT2D eigenvalue weighted by Gasteiger charge is 2.22. The van der Waals surface area contributed by atoms with Crippen LogP contribution in [0.15, 0.2) is 30.3 Å². The first kappa shape index (κ1) is 20.9. The zero-order chi connectivity index (χ0) is 15.5. The SMILES string of the molecule is CN(Cc1nc2c(s1)CCCC2)C(=O)C(N)c1ccccc1.Cl.Cl. The van der Waals surface area contributed by atoms with Crippen molar-refractivity contribution in [3.8, 4) is 0 Å². The number of amides is 1. The fourth-order valence-corrected chi connectivity index (χ4v) is 4.00. The van der Waals surface area contributed by atoms with E-state index in [-0.39, 0.29) is 30.7 Å². The zero-order valence-electron chi connectivity index (χ0n) is 13.6. The number of halogens is 2. The average Bonchev–Trinajstić information content (AvgIpc) is 2.96. The Morgan fingerprint density at radius 3 is 2.58 bits per heavy atom. The Labute approximate surface area is 159 Å². The van der Waals surface area contributed by atoms with Crippen LogP contribution < -0.4 is 5.73 Å². The number of thiazole rings is 1. The summed E-state index contributed by atoms with van der Waals surface area (Å²) in [6.45, 7) is 0.539. The maximum atomic E-state index is 12.5. The minimum Gasteiger partial charge on any atom is -0.337 e. The molecule has 2 N–H and O–H groups in total. The lowest BCUT2D eigenvalue weighted by atomic mass is 10.0. The van der Waals surface area contributed by atoms with Crippen LogP contribution in [0.5, 0.6) is 0 Å². The van der Waals surface area contributed by atoms with Gasteiger partial charge in [0.2, 0.25) is 5.91 Å². The Kier molecular flexibility index (Phi) is 8.16. The lowest BCUT2D eigenvalue weighted by molar-refractivity contribution is -0.131. The van der Waals surface area contributed by atoms with Crippen LogP contribution in [0.25, 0.3) is 0 Å². The topological polar surface area (TPSA) is 59.2 Å². The van der Waals surface area contributed by atoms with Gasteiger partial charge in [-0.1, -0.05) is 30.3 Å². The average molecular weight is 388 g/mol. The van der Waals surface area contributed by atoms with Crippen LogP contribution in [0.3, 0.4) is 0 Å². The van der Waals surface area contributed by atoms with Gasteiger partial charge in [-0.3, -0.25) is 4.79 Å². The standard InChI is InChI=1S/C17H21N3OS.2ClH/c1-20(17(21)16(18)12-7-3-2-4-8-12)11-15-19-13-9-5-6-10-14(13)22-15;;/h2-4,7-8,16H,5-6,9-11,18H2,1H3;2*1H. The number of nitrogens with zero attached hydrogens (tertiary/aromatic N) is 2. The van der Waals surface area contributed by atoms with Crippen LogP contribution >= 0.6 is 36.2 Å². The van der Waals surface area contributed by atoms with Gasteiger partial charge in [0.1, 0.15) is 11.0 Å². The fraction of sp³-hybridized carbons (Fsp3) is 0.412. The van der Waals surface area contributed by atoms with E-state index < -0.39 is 6.04 Å². The predicted octanol–water partition coefficient (Wildman–Crippen LogP) is 3.52. The molecule has 1 aromatic heterocycles. The summed E-state index contributed by atoms with van der Waals surface area (Å²) in [7, 11) is 1.80. The molecule has 0 spiro atoms. The van der Waals surface area contributed by atoms with Crippen molar-refractivity contribution >= 4 is 42.1 Å². The van der Waals surface area contributed by atoms with Crippen LogP contribution in [0.2, 0.25) is 0 Å². The Bertz CT molecular complexity index is 640. The predicted molar refractivity (Wildman–Crippen MR) is 103 cm³/mol. The van der Waals surface area contributed by atoms with Gasteiger partial charge in [0.25, 0.3) is 0 Å². The maximum absolute atomic E-state index is 12.5. The monoisotopic (exact) mass is 387 g/mol. The van der Waals surface area contributed by atoms with E-state index in [2.05, 4.69) is 4.98 Å². The normalized spacial score (nSPS) is 13.9. The molecule has 132 valence electrons. The highest BCUT2D eigenvalue weighted by molar-refractivity contribution is 7.11. The number of fused-ring (bicyclic) bond motifs is 1. The second kappa shape index (κ2) is 9.37. The van der Waals surface area contributed by atoms with Gasteiger partial charge in [0, 0.05) is 11.9 Å². The fourth-order valence-electron chi connectivity index (χ4n) is 2.79. The van der Waals surface area contributed by atoms with E-state index in [9.17, 15) is 4.79 Å². The van der Waals surface area contributed by atoms with Crippen molar-refractivity contribution in [3.63, 3.8) is 0 Å². The van der Waals surface area contributed by atoms with Crippen molar-refractivity contribution in [2.24, 2.45) is 5.73 Å². The summed E-state index contributed by atoms with van der Waals surface area (Å²) in [5, 5.41) is 1.02. The molecule has 1 aliphatic rings. The number of carbonyl (C=O) groups excluding carboxylic acids is 1. The molecule has 24 heavy (non-hydrogen) atoms. The van der Waals surface area contributed by atoms with Crippen LogP contribution in [-0.2, 0) is 24.2 Å². The summed E-state index contributed by atoms with van der Waals surface area (Å²) >= 11 is 1.74. The van der Waals surface area contributed by atoms with Crippen LogP contribution in [0.1, 0.15) is 40.0 Å². The Morgan fingerprint density at radius 1 is 1.25 bits per heavy atom. The number of hydrogen-bond donors (Lipinski definition) is 1. The highest BCUT2D eigenvalue weighted by Crippen LogP contribution is 2.27. The van der Waals surface area contributed by atoms with Crippen molar-refractivity contribution in [2.45, 2.75) is 38.3 Å². The Morgan fingerprint density at radius 2 is 1.92 bits per heavy atom. The van der Waals surface area contributed by atoms with Crippen molar-refractivity contribution < 1.29 is 4.79 Å². The molecule has 1 aromatic carbocycles. The number of rotatable bonds is 4. The molecule has 1 heterocycles. The highest BCUT2D eigenvalue weighted by atomic mass is 35.5. The summed E-state index contributed by atoms with van der Waals surface area (Å²) in [4.78, 5) is 20.2. The van der Waals surface area contributed by atoms with Gasteiger partial charge in [0.05, 0.1) is 12.2 Å². The number of carbonyl (C=O) groups is 1. The van der Waals surface area contributed by atoms with Crippen LogP contribution in [-0.4, -0.2) is 22.8 Å². The summed E-state index contributed by atoms with van der Waals surface area (Å²) < 4.78 is 0. The second-order valence-electron chi connectivity index (χ2n) is 5.77. The van der Waals surface area contributed by atoms with Gasteiger partial charge in [-0.15, -0.1) is 36.2 Å².